The summed E-state index contributed by atoms with van der Waals surface area (Å²) in [4.78, 5) is 38.9. The monoisotopic (exact) mass is 738 g/mol. The number of fused-ring (bicyclic) bond motifs is 20. The van der Waals surface area contributed by atoms with Gasteiger partial charge in [-0.25, -0.2) is 29.9 Å². The van der Waals surface area contributed by atoms with Crippen molar-refractivity contribution >= 4 is 22.1 Å². The van der Waals surface area contributed by atoms with Gasteiger partial charge in [-0.1, -0.05) is 132 Å². The summed E-state index contributed by atoms with van der Waals surface area (Å²) in [5.74, 6) is 3.67. The quantitative estimate of drug-likeness (QED) is 0.160. The maximum atomic E-state index is 5.32. The Morgan fingerprint density at radius 3 is 1.20 bits per heavy atom. The lowest BCUT2D eigenvalue weighted by molar-refractivity contribution is 0.590. The largest absolute Gasteiger partial charge is 0.325 e. The molecule has 0 fully saturated rings. The van der Waals surface area contributed by atoms with Gasteiger partial charge in [-0.15, -0.1) is 0 Å². The van der Waals surface area contributed by atoms with E-state index in [-0.39, 0.29) is 21.7 Å². The molecule has 2 N–H and O–H groups in total. The second-order valence-corrected chi connectivity index (χ2v) is 19.7. The fraction of sp³-hybridized carbons (Fsp3) is 0.333. The molecule has 4 aromatic carbocycles. The maximum Gasteiger partial charge on any atom is 0.164 e. The van der Waals surface area contributed by atoms with E-state index in [1.165, 1.54) is 22.3 Å². The zero-order valence-corrected chi connectivity index (χ0v) is 34.6. The van der Waals surface area contributed by atoms with Gasteiger partial charge in [-0.05, 0) is 68.2 Å². The topological polar surface area (TPSA) is 109 Å². The molecule has 0 amide bonds. The summed E-state index contributed by atoms with van der Waals surface area (Å²) in [6, 6.07) is 26.3. The normalized spacial score (nSPS) is 13.4. The number of hydrogen-bond donors (Lipinski definition) is 2. The van der Waals surface area contributed by atoms with Gasteiger partial charge in [0.1, 0.15) is 17.1 Å². The van der Waals surface area contributed by atoms with Crippen molar-refractivity contribution in [1.29, 1.82) is 0 Å². The molecule has 282 valence electrons. The summed E-state index contributed by atoms with van der Waals surface area (Å²) < 4.78 is 0. The maximum absolute atomic E-state index is 5.32. The molecule has 5 heterocycles. The second-order valence-electron chi connectivity index (χ2n) is 19.7. The van der Waals surface area contributed by atoms with E-state index in [2.05, 4.69) is 166 Å². The Labute approximate surface area is 329 Å². The molecule has 0 atom stereocenters. The Hall–Kier alpha value is -5.76. The molecular weight excluding hydrogens is 689 g/mol. The Morgan fingerprint density at radius 1 is 0.339 bits per heavy atom. The van der Waals surface area contributed by atoms with Gasteiger partial charge in [0.2, 0.25) is 0 Å². The second kappa shape index (κ2) is 11.9. The molecule has 0 aliphatic carbocycles. The molecule has 8 nitrogen and oxygen atoms in total. The van der Waals surface area contributed by atoms with Gasteiger partial charge < -0.3 is 9.97 Å². The molecule has 56 heavy (non-hydrogen) atoms. The number of hydrogen-bond acceptors (Lipinski definition) is 6. The Bertz CT molecular complexity index is 2840. The van der Waals surface area contributed by atoms with Crippen molar-refractivity contribution < 1.29 is 0 Å². The van der Waals surface area contributed by atoms with E-state index in [1.807, 2.05) is 0 Å². The third-order valence-electron chi connectivity index (χ3n) is 11.3. The van der Waals surface area contributed by atoms with Crippen LogP contribution in [0, 0.1) is 0 Å². The molecule has 0 spiro atoms. The van der Waals surface area contributed by atoms with Crippen LogP contribution in [-0.2, 0) is 21.7 Å². The van der Waals surface area contributed by atoms with Crippen LogP contribution in [0.5, 0.6) is 0 Å². The molecule has 2 aromatic heterocycles. The van der Waals surface area contributed by atoms with Crippen LogP contribution in [0.25, 0.3) is 90.4 Å². The summed E-state index contributed by atoms with van der Waals surface area (Å²) in [5, 5.41) is 2.02. The number of H-pyrrole nitrogens is 2. The summed E-state index contributed by atoms with van der Waals surface area (Å²) in [7, 11) is 0. The Morgan fingerprint density at radius 2 is 0.714 bits per heavy atom. The summed E-state index contributed by atoms with van der Waals surface area (Å²) in [6.45, 7) is 26.8. The van der Waals surface area contributed by atoms with Crippen LogP contribution >= 0.6 is 0 Å². The van der Waals surface area contributed by atoms with Crippen molar-refractivity contribution in [3.8, 4) is 68.3 Å². The molecule has 8 heteroatoms. The zero-order chi connectivity index (χ0) is 39.7. The fourth-order valence-electron chi connectivity index (χ4n) is 7.66. The third-order valence-corrected chi connectivity index (χ3v) is 11.3. The number of nitrogens with one attached hydrogen (secondary N) is 2. The smallest absolute Gasteiger partial charge is 0.164 e. The molecule has 8 bridgehead atoms. The van der Waals surface area contributed by atoms with Gasteiger partial charge in [-0.3, -0.25) is 0 Å². The average molecular weight is 739 g/mol. The first kappa shape index (κ1) is 35.9. The average Bonchev–Trinajstić information content (AvgIpc) is 3.84. The van der Waals surface area contributed by atoms with Gasteiger partial charge in [0.05, 0.1) is 0 Å². The van der Waals surface area contributed by atoms with Gasteiger partial charge >= 0.3 is 0 Å². The van der Waals surface area contributed by atoms with E-state index in [1.54, 1.807) is 0 Å². The SMILES string of the molecule is CC(C)(C)c1ccc2c(c1)-c1nc3nc(nc4[nH]c([nH]c5nc(nc-2n1)-c1cc(C(C)(C)C)ccc1-5)c1cc(C(C)(C)C)ccc41)-c1cc(C(C)(C)C)ccc1-3. The minimum absolute atomic E-state index is 0.0548. The van der Waals surface area contributed by atoms with Crippen molar-refractivity contribution in [2.45, 2.75) is 105 Å². The zero-order valence-electron chi connectivity index (χ0n) is 34.6. The van der Waals surface area contributed by atoms with Gasteiger partial charge in [0.25, 0.3) is 0 Å². The van der Waals surface area contributed by atoms with Crippen LogP contribution in [0.3, 0.4) is 0 Å². The van der Waals surface area contributed by atoms with Crippen LogP contribution < -0.4 is 0 Å². The highest BCUT2D eigenvalue weighted by Crippen LogP contribution is 2.43. The minimum atomic E-state index is -0.0749. The van der Waals surface area contributed by atoms with Crippen molar-refractivity contribution in [3.05, 3.63) is 95.1 Å². The molecule has 6 aromatic rings. The van der Waals surface area contributed by atoms with E-state index in [9.17, 15) is 0 Å². The Kier molecular flexibility index (Phi) is 7.61. The third kappa shape index (κ3) is 5.97. The van der Waals surface area contributed by atoms with Crippen LogP contribution in [-0.4, -0.2) is 39.9 Å². The van der Waals surface area contributed by atoms with E-state index < -0.39 is 0 Å². The molecule has 9 rings (SSSR count). The van der Waals surface area contributed by atoms with Gasteiger partial charge in [0.15, 0.2) is 29.1 Å². The molecule has 0 saturated carbocycles. The summed E-state index contributed by atoms with van der Waals surface area (Å²) in [6.07, 6.45) is 0. The first-order valence-electron chi connectivity index (χ1n) is 19.6. The molecule has 3 aliphatic heterocycles. The number of nitrogens with zero attached hydrogens (tertiary/aromatic N) is 6. The molecule has 0 saturated heterocycles. The molecule has 0 radical (unpaired) electrons. The lowest BCUT2D eigenvalue weighted by atomic mass is 9.85. The highest BCUT2D eigenvalue weighted by Gasteiger charge is 2.29. The van der Waals surface area contributed by atoms with E-state index >= 15 is 0 Å². The van der Waals surface area contributed by atoms with Crippen LogP contribution in [0.4, 0.5) is 0 Å². The lowest BCUT2D eigenvalue weighted by Crippen LogP contribution is -2.11. The van der Waals surface area contributed by atoms with E-state index in [0.717, 1.165) is 49.8 Å². The fourth-order valence-corrected chi connectivity index (χ4v) is 7.66. The number of aromatic amines is 2. The summed E-state index contributed by atoms with van der Waals surface area (Å²) in [5.41, 5.74) is 11.8. The van der Waals surface area contributed by atoms with Gasteiger partial charge in [-0.2, -0.15) is 0 Å². The van der Waals surface area contributed by atoms with Crippen LogP contribution in [0.15, 0.2) is 72.8 Å². The van der Waals surface area contributed by atoms with Crippen LogP contribution in [0.1, 0.15) is 105 Å². The van der Waals surface area contributed by atoms with Crippen molar-refractivity contribution in [3.63, 3.8) is 0 Å². The highest BCUT2D eigenvalue weighted by molar-refractivity contribution is 6.05. The van der Waals surface area contributed by atoms with E-state index in [0.29, 0.717) is 40.6 Å². The number of benzene rings is 4. The van der Waals surface area contributed by atoms with E-state index in [4.69, 9.17) is 29.9 Å². The summed E-state index contributed by atoms with van der Waals surface area (Å²) >= 11 is 0. The Balaban J connectivity index is 1.44. The molecular formula is C48H50N8. The van der Waals surface area contributed by atoms with Crippen molar-refractivity contribution in [2.24, 2.45) is 0 Å². The predicted molar refractivity (Wildman–Crippen MR) is 229 cm³/mol. The highest BCUT2D eigenvalue weighted by atomic mass is 15.1. The first-order chi connectivity index (χ1) is 26.2. The van der Waals surface area contributed by atoms with Crippen molar-refractivity contribution in [1.82, 2.24) is 39.9 Å². The minimum Gasteiger partial charge on any atom is -0.325 e. The van der Waals surface area contributed by atoms with Crippen molar-refractivity contribution in [2.75, 3.05) is 0 Å². The number of aromatic nitrogens is 8. The first-order valence-corrected chi connectivity index (χ1v) is 19.6. The lowest BCUT2D eigenvalue weighted by Gasteiger charge is -2.20. The van der Waals surface area contributed by atoms with Gasteiger partial charge in [0, 0.05) is 44.2 Å². The predicted octanol–water partition coefficient (Wildman–Crippen LogP) is 12.0. The molecule has 3 aliphatic rings. The molecule has 0 unspecified atom stereocenters. The number of rotatable bonds is 0. The van der Waals surface area contributed by atoms with Crippen LogP contribution in [0.2, 0.25) is 0 Å². The standard InChI is InChI=1S/C48H50N8/c1-45(2,3)25-13-17-29-33(21-25)41-49-37(29)54-42-35-23-27(47(7,8)9)15-19-31(35)39(51-42)56-44-36-24-28(48(10,11)12)16-20-32(36)40(52-44)55-43-34-22-26(46(4,5)6)14-18-30(34)38(50-43)53-41/h13-24H,1-12H3,(H2,49,50,51,52,53,54,55,56).